The summed E-state index contributed by atoms with van der Waals surface area (Å²) in [5, 5.41) is 0. The van der Waals surface area contributed by atoms with Crippen molar-refractivity contribution in [1.29, 1.82) is 0 Å². The lowest BCUT2D eigenvalue weighted by molar-refractivity contribution is 0.316. The van der Waals surface area contributed by atoms with Gasteiger partial charge in [-0.25, -0.2) is 0 Å². The first-order chi connectivity index (χ1) is 9.69. The normalized spacial score (nSPS) is 12.5. The maximum absolute atomic E-state index is 5.82. The van der Waals surface area contributed by atoms with Gasteiger partial charge in [0, 0.05) is 12.1 Å². The number of hydrogen-bond donors (Lipinski definition) is 2. The molecule has 0 aliphatic rings. The van der Waals surface area contributed by atoms with Gasteiger partial charge in [0.05, 0.1) is 14.2 Å². The van der Waals surface area contributed by atoms with Crippen LogP contribution < -0.4 is 20.7 Å². The van der Waals surface area contributed by atoms with Crippen molar-refractivity contribution < 1.29 is 9.47 Å². The van der Waals surface area contributed by atoms with Gasteiger partial charge in [0.2, 0.25) is 0 Å². The Morgan fingerprint density at radius 2 is 1.50 bits per heavy atom. The average Bonchev–Trinajstić information content (AvgIpc) is 2.48. The fraction of sp³-hybridized carbons (Fsp3) is 0.625. The van der Waals surface area contributed by atoms with Crippen molar-refractivity contribution >= 4 is 0 Å². The quantitative estimate of drug-likeness (QED) is 0.537. The number of rotatable bonds is 9. The zero-order valence-electron chi connectivity index (χ0n) is 13.1. The van der Waals surface area contributed by atoms with Gasteiger partial charge in [-0.1, -0.05) is 26.7 Å². The largest absolute Gasteiger partial charge is 0.497 e. The summed E-state index contributed by atoms with van der Waals surface area (Å²) >= 11 is 0. The van der Waals surface area contributed by atoms with Gasteiger partial charge in [-0.05, 0) is 36.5 Å². The van der Waals surface area contributed by atoms with Crippen LogP contribution >= 0.6 is 0 Å². The molecule has 114 valence electrons. The number of nitrogens with one attached hydrogen (secondary N) is 1. The first-order valence-electron chi connectivity index (χ1n) is 7.39. The van der Waals surface area contributed by atoms with Gasteiger partial charge in [-0.15, -0.1) is 0 Å². The summed E-state index contributed by atoms with van der Waals surface area (Å²) in [5.41, 5.74) is 4.10. The molecule has 0 aliphatic carbocycles. The van der Waals surface area contributed by atoms with E-state index in [1.54, 1.807) is 14.2 Å². The average molecular weight is 280 g/mol. The van der Waals surface area contributed by atoms with Crippen molar-refractivity contribution in [2.24, 2.45) is 11.8 Å². The highest BCUT2D eigenvalue weighted by Gasteiger charge is 2.22. The van der Waals surface area contributed by atoms with Gasteiger partial charge < -0.3 is 9.47 Å². The molecule has 0 aromatic heterocycles. The summed E-state index contributed by atoms with van der Waals surface area (Å²) in [7, 11) is 3.33. The molecule has 0 heterocycles. The van der Waals surface area contributed by atoms with E-state index in [9.17, 15) is 0 Å². The molecule has 1 atom stereocenters. The van der Waals surface area contributed by atoms with Gasteiger partial charge in [0.15, 0.2) is 0 Å². The first-order valence-corrected chi connectivity index (χ1v) is 7.39. The molecule has 0 amide bonds. The van der Waals surface area contributed by atoms with Gasteiger partial charge in [0.1, 0.15) is 11.5 Å². The maximum atomic E-state index is 5.82. The second kappa shape index (κ2) is 8.82. The molecule has 1 unspecified atom stereocenters. The summed E-state index contributed by atoms with van der Waals surface area (Å²) in [5.74, 6) is 7.93. The molecule has 0 saturated heterocycles. The third-order valence-electron chi connectivity index (χ3n) is 3.70. The molecule has 4 nitrogen and oxygen atoms in total. The summed E-state index contributed by atoms with van der Waals surface area (Å²) in [6, 6.07) is 6.07. The lowest BCUT2D eigenvalue weighted by atomic mass is 9.86. The Hall–Kier alpha value is -1.26. The zero-order valence-corrected chi connectivity index (χ0v) is 13.1. The molecule has 0 saturated carbocycles. The molecule has 1 aromatic rings. The number of nitrogens with two attached hydrogens (primary N) is 1. The molecule has 20 heavy (non-hydrogen) atoms. The Bertz CT molecular complexity index is 368. The SMILES string of the molecule is CCCC(CCC)C(NN)c1cc(OC)cc(OC)c1. The molecule has 0 bridgehead atoms. The van der Waals surface area contributed by atoms with E-state index in [1.807, 2.05) is 18.2 Å². The van der Waals surface area contributed by atoms with Crippen molar-refractivity contribution in [2.45, 2.75) is 45.6 Å². The maximum Gasteiger partial charge on any atom is 0.122 e. The molecule has 0 aliphatic heterocycles. The third kappa shape index (κ3) is 4.39. The van der Waals surface area contributed by atoms with Gasteiger partial charge >= 0.3 is 0 Å². The van der Waals surface area contributed by atoms with E-state index in [0.717, 1.165) is 42.7 Å². The number of methoxy groups -OCH3 is 2. The highest BCUT2D eigenvalue weighted by molar-refractivity contribution is 5.40. The summed E-state index contributed by atoms with van der Waals surface area (Å²) < 4.78 is 10.7. The first kappa shape index (κ1) is 16.8. The van der Waals surface area contributed by atoms with Crippen molar-refractivity contribution in [3.05, 3.63) is 23.8 Å². The number of hydrogen-bond acceptors (Lipinski definition) is 4. The zero-order chi connectivity index (χ0) is 15.0. The molecule has 0 fully saturated rings. The van der Waals surface area contributed by atoms with Crippen LogP contribution in [-0.4, -0.2) is 14.2 Å². The van der Waals surface area contributed by atoms with E-state index < -0.39 is 0 Å². The van der Waals surface area contributed by atoms with Crippen LogP contribution in [0.25, 0.3) is 0 Å². The van der Waals surface area contributed by atoms with Crippen molar-refractivity contribution in [1.82, 2.24) is 5.43 Å². The molecular weight excluding hydrogens is 252 g/mol. The minimum Gasteiger partial charge on any atom is -0.497 e. The highest BCUT2D eigenvalue weighted by Crippen LogP contribution is 2.33. The van der Waals surface area contributed by atoms with Crippen LogP contribution in [-0.2, 0) is 0 Å². The lowest BCUT2D eigenvalue weighted by Gasteiger charge is -2.27. The summed E-state index contributed by atoms with van der Waals surface area (Å²) in [6.07, 6.45) is 4.62. The number of ether oxygens (including phenoxy) is 2. The molecule has 1 aromatic carbocycles. The Morgan fingerprint density at radius 1 is 1.00 bits per heavy atom. The standard InChI is InChI=1S/C16H28N2O2/c1-5-7-12(8-6-2)16(18-17)13-9-14(19-3)11-15(10-13)20-4/h9-12,16,18H,5-8,17H2,1-4H3. The van der Waals surface area contributed by atoms with Crippen molar-refractivity contribution in [2.75, 3.05) is 14.2 Å². The monoisotopic (exact) mass is 280 g/mol. The van der Waals surface area contributed by atoms with Crippen LogP contribution in [0.4, 0.5) is 0 Å². The lowest BCUT2D eigenvalue weighted by Crippen LogP contribution is -2.33. The number of hydrazine groups is 1. The Labute approximate surface area is 122 Å². The highest BCUT2D eigenvalue weighted by atomic mass is 16.5. The van der Waals surface area contributed by atoms with E-state index >= 15 is 0 Å². The molecule has 0 spiro atoms. The summed E-state index contributed by atoms with van der Waals surface area (Å²) in [6.45, 7) is 4.42. The fourth-order valence-corrected chi connectivity index (χ4v) is 2.73. The van der Waals surface area contributed by atoms with E-state index in [4.69, 9.17) is 15.3 Å². The van der Waals surface area contributed by atoms with Crippen LogP contribution in [0.5, 0.6) is 11.5 Å². The van der Waals surface area contributed by atoms with Crippen LogP contribution in [0.1, 0.15) is 51.1 Å². The molecule has 3 N–H and O–H groups in total. The van der Waals surface area contributed by atoms with Crippen LogP contribution in [0.15, 0.2) is 18.2 Å². The summed E-state index contributed by atoms with van der Waals surface area (Å²) in [4.78, 5) is 0. The molecule has 4 heteroatoms. The van der Waals surface area contributed by atoms with Crippen LogP contribution in [0.3, 0.4) is 0 Å². The minimum atomic E-state index is 0.124. The predicted molar refractivity (Wildman–Crippen MR) is 82.9 cm³/mol. The van der Waals surface area contributed by atoms with Gasteiger partial charge in [-0.2, -0.15) is 0 Å². The minimum absolute atomic E-state index is 0.124. The van der Waals surface area contributed by atoms with Crippen LogP contribution in [0.2, 0.25) is 0 Å². The van der Waals surface area contributed by atoms with E-state index in [-0.39, 0.29) is 6.04 Å². The molecular formula is C16H28N2O2. The van der Waals surface area contributed by atoms with Crippen molar-refractivity contribution in [3.63, 3.8) is 0 Å². The number of benzene rings is 1. The van der Waals surface area contributed by atoms with E-state index in [1.165, 1.54) is 0 Å². The smallest absolute Gasteiger partial charge is 0.122 e. The Morgan fingerprint density at radius 3 is 1.85 bits per heavy atom. The van der Waals surface area contributed by atoms with Crippen LogP contribution in [0, 0.1) is 5.92 Å². The second-order valence-corrected chi connectivity index (χ2v) is 5.13. The molecule has 1 rings (SSSR count). The van der Waals surface area contributed by atoms with Gasteiger partial charge in [-0.3, -0.25) is 11.3 Å². The van der Waals surface area contributed by atoms with E-state index in [2.05, 4.69) is 19.3 Å². The van der Waals surface area contributed by atoms with E-state index in [0.29, 0.717) is 5.92 Å². The predicted octanol–water partition coefficient (Wildman–Crippen LogP) is 3.42. The van der Waals surface area contributed by atoms with Gasteiger partial charge in [0.25, 0.3) is 0 Å². The topological polar surface area (TPSA) is 56.5 Å². The van der Waals surface area contributed by atoms with Crippen molar-refractivity contribution in [3.8, 4) is 11.5 Å². The molecule has 0 radical (unpaired) electrons. The third-order valence-corrected chi connectivity index (χ3v) is 3.70. The Balaban J connectivity index is 3.08. The Kier molecular flexibility index (Phi) is 7.41. The fourth-order valence-electron chi connectivity index (χ4n) is 2.73. The second-order valence-electron chi connectivity index (χ2n) is 5.13.